The van der Waals surface area contributed by atoms with Crippen LogP contribution in [0.15, 0.2) is 0 Å². The third kappa shape index (κ3) is 0.344. The lowest BCUT2D eigenvalue weighted by Crippen LogP contribution is -2.49. The van der Waals surface area contributed by atoms with Gasteiger partial charge >= 0.3 is 0 Å². The fourth-order valence-corrected chi connectivity index (χ4v) is 8.02. The summed E-state index contributed by atoms with van der Waals surface area (Å²) in [4.78, 5) is 0. The van der Waals surface area contributed by atoms with Gasteiger partial charge in [0.15, 0.2) is 5.79 Å². The maximum Gasteiger partial charge on any atom is 0.187 e. The number of rotatable bonds is 0. The van der Waals surface area contributed by atoms with Crippen LogP contribution in [0.4, 0.5) is 0 Å². The summed E-state index contributed by atoms with van der Waals surface area (Å²) in [5.41, 5.74) is 0. The van der Waals surface area contributed by atoms with E-state index < -0.39 is 0 Å². The first-order chi connectivity index (χ1) is 6.82. The summed E-state index contributed by atoms with van der Waals surface area (Å²) in [7, 11) is 0. The molecule has 2 bridgehead atoms. The van der Waals surface area contributed by atoms with E-state index in [9.17, 15) is 0 Å². The number of alkyl halides is 1. The van der Waals surface area contributed by atoms with Crippen LogP contribution in [-0.4, -0.2) is 23.3 Å². The Balaban J connectivity index is 1.70. The second-order valence-electron chi connectivity index (χ2n) is 6.02. The molecule has 7 fully saturated rings. The number of hydrogen-bond donors (Lipinski definition) is 0. The summed E-state index contributed by atoms with van der Waals surface area (Å²) in [6, 6.07) is 0. The minimum Gasteiger partial charge on any atom is -0.346 e. The molecule has 14 heavy (non-hydrogen) atoms. The first-order valence-corrected chi connectivity index (χ1v) is 6.58. The predicted molar refractivity (Wildman–Crippen MR) is 50.7 cm³/mol. The number of ether oxygens (including phenoxy) is 2. The summed E-state index contributed by atoms with van der Waals surface area (Å²) in [5.74, 6) is 6.56. The summed E-state index contributed by atoms with van der Waals surface area (Å²) in [6.07, 6.45) is 0. The number of halogens is 1. The smallest absolute Gasteiger partial charge is 0.187 e. The normalized spacial score (nSPS) is 81.6. The Hall–Kier alpha value is 0.400. The zero-order chi connectivity index (χ0) is 8.87. The highest BCUT2D eigenvalue weighted by molar-refractivity contribution is 9.10. The Kier molecular flexibility index (Phi) is 0.723. The highest BCUT2D eigenvalue weighted by Gasteiger charge is 3.03. The van der Waals surface area contributed by atoms with Crippen LogP contribution >= 0.6 is 15.9 Å². The van der Waals surface area contributed by atoms with E-state index in [-0.39, 0.29) is 10.1 Å². The van der Waals surface area contributed by atoms with Gasteiger partial charge in [-0.2, -0.15) is 0 Å². The van der Waals surface area contributed by atoms with Gasteiger partial charge in [-0.15, -0.1) is 0 Å². The molecule has 1 heterocycles. The predicted octanol–water partition coefficient (Wildman–Crippen LogP) is 1.24. The van der Waals surface area contributed by atoms with Crippen molar-refractivity contribution in [2.75, 3.05) is 13.2 Å². The topological polar surface area (TPSA) is 18.5 Å². The molecule has 6 aliphatic carbocycles. The van der Waals surface area contributed by atoms with E-state index in [1.807, 2.05) is 0 Å². The molecule has 1 saturated heterocycles. The van der Waals surface area contributed by atoms with Gasteiger partial charge in [0.05, 0.1) is 17.5 Å². The second kappa shape index (κ2) is 1.47. The van der Waals surface area contributed by atoms with E-state index in [0.29, 0.717) is 0 Å². The van der Waals surface area contributed by atoms with Crippen LogP contribution in [0.2, 0.25) is 0 Å². The van der Waals surface area contributed by atoms with Crippen molar-refractivity contribution < 1.29 is 9.47 Å². The summed E-state index contributed by atoms with van der Waals surface area (Å²) in [6.45, 7) is 1.64. The fraction of sp³-hybridized carbons (Fsp3) is 1.00. The molecule has 1 spiro atoms. The standard InChI is InChI=1S/C11H11BrO2/c12-10-7-3-4-6(8(4)10)9(5(3)7)11(10)13-1-2-14-11/h3-9H,1-2H2/t3-,4+,5-,6+,7+,8-,9?,10?. The van der Waals surface area contributed by atoms with Crippen LogP contribution in [0.5, 0.6) is 0 Å². The Morgan fingerprint density at radius 2 is 1.43 bits per heavy atom. The molecule has 6 saturated carbocycles. The molecule has 74 valence electrons. The van der Waals surface area contributed by atoms with E-state index >= 15 is 0 Å². The molecule has 0 amide bonds. The molecule has 3 heteroatoms. The van der Waals surface area contributed by atoms with E-state index in [2.05, 4.69) is 15.9 Å². The van der Waals surface area contributed by atoms with Crippen LogP contribution in [-0.2, 0) is 9.47 Å². The molecule has 0 aromatic rings. The molecular formula is C11H11BrO2. The van der Waals surface area contributed by atoms with E-state index in [1.54, 1.807) is 0 Å². The molecule has 7 aliphatic rings. The van der Waals surface area contributed by atoms with Crippen LogP contribution in [0.25, 0.3) is 0 Å². The lowest BCUT2D eigenvalue weighted by Gasteiger charge is -2.37. The van der Waals surface area contributed by atoms with Gasteiger partial charge in [-0.3, -0.25) is 0 Å². The monoisotopic (exact) mass is 254 g/mol. The van der Waals surface area contributed by atoms with Crippen molar-refractivity contribution in [3.05, 3.63) is 0 Å². The SMILES string of the molecule is BrC12[C@@H]3[C@@H]4C([C@H]5[C@H]([C@H]43)[C@H]51)C21OCCO1. The van der Waals surface area contributed by atoms with Crippen molar-refractivity contribution in [2.45, 2.75) is 10.1 Å². The molecular weight excluding hydrogens is 244 g/mol. The fourth-order valence-electron chi connectivity index (χ4n) is 6.30. The quantitative estimate of drug-likeness (QED) is 0.606. The maximum atomic E-state index is 6.04. The Morgan fingerprint density at radius 3 is 1.86 bits per heavy atom. The molecule has 0 radical (unpaired) electrons. The maximum absolute atomic E-state index is 6.04. The van der Waals surface area contributed by atoms with Gasteiger partial charge in [0.1, 0.15) is 0 Å². The van der Waals surface area contributed by atoms with Crippen LogP contribution in [0.1, 0.15) is 0 Å². The minimum absolute atomic E-state index is 0.166. The zero-order valence-corrected chi connectivity index (χ0v) is 9.24. The van der Waals surface area contributed by atoms with Crippen molar-refractivity contribution in [1.29, 1.82) is 0 Å². The van der Waals surface area contributed by atoms with Gasteiger partial charge < -0.3 is 9.47 Å². The molecule has 2 nitrogen and oxygen atoms in total. The van der Waals surface area contributed by atoms with Gasteiger partial charge in [0.25, 0.3) is 0 Å². The Morgan fingerprint density at radius 1 is 0.857 bits per heavy atom. The van der Waals surface area contributed by atoms with E-state index in [1.165, 1.54) is 0 Å². The lowest BCUT2D eigenvalue weighted by atomic mass is 9.98. The Labute approximate surface area is 90.4 Å². The molecule has 7 rings (SSSR count). The van der Waals surface area contributed by atoms with Gasteiger partial charge in [-0.1, -0.05) is 15.9 Å². The molecule has 0 N–H and O–H groups in total. The van der Waals surface area contributed by atoms with E-state index in [4.69, 9.17) is 9.47 Å². The van der Waals surface area contributed by atoms with Crippen molar-refractivity contribution in [3.63, 3.8) is 0 Å². The van der Waals surface area contributed by atoms with Gasteiger partial charge in [-0.25, -0.2) is 0 Å². The third-order valence-electron chi connectivity index (χ3n) is 6.20. The van der Waals surface area contributed by atoms with Gasteiger partial charge in [0.2, 0.25) is 0 Å². The van der Waals surface area contributed by atoms with Crippen molar-refractivity contribution >= 4 is 15.9 Å². The first-order valence-electron chi connectivity index (χ1n) is 5.79. The van der Waals surface area contributed by atoms with Crippen LogP contribution < -0.4 is 0 Å². The van der Waals surface area contributed by atoms with E-state index in [0.717, 1.165) is 54.6 Å². The highest BCUT2D eigenvalue weighted by atomic mass is 79.9. The largest absolute Gasteiger partial charge is 0.346 e. The number of hydrogen-bond acceptors (Lipinski definition) is 2. The van der Waals surface area contributed by atoms with Crippen LogP contribution in [0.3, 0.4) is 0 Å². The molecule has 0 aromatic carbocycles. The summed E-state index contributed by atoms with van der Waals surface area (Å²) >= 11 is 4.06. The Bertz CT molecular complexity index is 367. The minimum atomic E-state index is -0.166. The molecule has 2 unspecified atom stereocenters. The molecule has 8 atom stereocenters. The average Bonchev–Trinajstić information content (AvgIpc) is 2.87. The van der Waals surface area contributed by atoms with Gasteiger partial charge in [-0.05, 0) is 35.5 Å². The third-order valence-corrected chi connectivity index (χ3v) is 7.81. The first kappa shape index (κ1) is 6.87. The molecule has 1 aliphatic heterocycles. The summed E-state index contributed by atoms with van der Waals surface area (Å²) in [5, 5.41) is 0. The lowest BCUT2D eigenvalue weighted by molar-refractivity contribution is -0.191. The highest BCUT2D eigenvalue weighted by Crippen LogP contribution is 3.00. The van der Waals surface area contributed by atoms with Crippen molar-refractivity contribution in [3.8, 4) is 0 Å². The average molecular weight is 255 g/mol. The second-order valence-corrected chi connectivity index (χ2v) is 7.33. The summed E-state index contributed by atoms with van der Waals surface area (Å²) < 4.78 is 12.3. The molecule has 0 aromatic heterocycles. The van der Waals surface area contributed by atoms with Crippen molar-refractivity contribution in [2.24, 2.45) is 41.4 Å². The zero-order valence-electron chi connectivity index (χ0n) is 7.65. The van der Waals surface area contributed by atoms with Gasteiger partial charge in [0, 0.05) is 5.92 Å². The van der Waals surface area contributed by atoms with Crippen molar-refractivity contribution in [1.82, 2.24) is 0 Å². The van der Waals surface area contributed by atoms with Crippen LogP contribution in [0, 0.1) is 41.4 Å².